The molecule has 0 fully saturated rings. The maximum Gasteiger partial charge on any atom is 0.126 e. The summed E-state index contributed by atoms with van der Waals surface area (Å²) in [6.07, 6.45) is 0.822. The van der Waals surface area contributed by atoms with Gasteiger partial charge in [-0.05, 0) is 58.7 Å². The van der Waals surface area contributed by atoms with Gasteiger partial charge >= 0.3 is 0 Å². The van der Waals surface area contributed by atoms with Gasteiger partial charge in [0.25, 0.3) is 0 Å². The van der Waals surface area contributed by atoms with Crippen molar-refractivity contribution in [2.24, 2.45) is 5.92 Å². The van der Waals surface area contributed by atoms with E-state index in [0.29, 0.717) is 5.92 Å². The monoisotopic (exact) mass is 278 g/mol. The normalized spacial score (nSPS) is 10.8. The Balaban J connectivity index is 2.90. The molecule has 0 aliphatic rings. The third-order valence-electron chi connectivity index (χ3n) is 1.64. The first-order chi connectivity index (χ1) is 5.59. The Labute approximate surface area is 86.3 Å². The van der Waals surface area contributed by atoms with E-state index in [9.17, 15) is 4.39 Å². The van der Waals surface area contributed by atoms with Crippen molar-refractivity contribution in [3.63, 3.8) is 0 Å². The highest BCUT2D eigenvalue weighted by Crippen LogP contribution is 2.15. The van der Waals surface area contributed by atoms with Crippen LogP contribution in [0.5, 0.6) is 0 Å². The molecule has 0 bridgehead atoms. The lowest BCUT2D eigenvalue weighted by molar-refractivity contribution is 0.573. The van der Waals surface area contributed by atoms with Crippen molar-refractivity contribution in [3.8, 4) is 0 Å². The molecule has 0 spiro atoms. The van der Waals surface area contributed by atoms with E-state index in [1.807, 2.05) is 6.07 Å². The molecule has 0 unspecified atom stereocenters. The van der Waals surface area contributed by atoms with Gasteiger partial charge in [0.05, 0.1) is 0 Å². The van der Waals surface area contributed by atoms with Crippen LogP contribution in [0.2, 0.25) is 0 Å². The Kier molecular flexibility index (Phi) is 3.50. The van der Waals surface area contributed by atoms with Gasteiger partial charge < -0.3 is 0 Å². The van der Waals surface area contributed by atoms with Gasteiger partial charge in [-0.25, -0.2) is 4.39 Å². The van der Waals surface area contributed by atoms with E-state index < -0.39 is 0 Å². The Morgan fingerprint density at radius 2 is 2.08 bits per heavy atom. The summed E-state index contributed by atoms with van der Waals surface area (Å²) in [5.41, 5.74) is 0.830. The van der Waals surface area contributed by atoms with Crippen LogP contribution in [0.4, 0.5) is 4.39 Å². The van der Waals surface area contributed by atoms with E-state index in [1.165, 1.54) is 0 Å². The Hall–Kier alpha value is -0.120. The Morgan fingerprint density at radius 3 is 2.67 bits per heavy atom. The second kappa shape index (κ2) is 4.21. The lowest BCUT2D eigenvalue weighted by Crippen LogP contribution is -1.97. The summed E-state index contributed by atoms with van der Waals surface area (Å²) in [7, 11) is 0. The van der Waals surface area contributed by atoms with Gasteiger partial charge in [-0.15, -0.1) is 0 Å². The molecular weight excluding hydrogens is 266 g/mol. The van der Waals surface area contributed by atoms with Gasteiger partial charge in [0.2, 0.25) is 0 Å². The number of hydrogen-bond acceptors (Lipinski definition) is 0. The minimum Gasteiger partial charge on any atom is -0.207 e. The average molecular weight is 278 g/mol. The van der Waals surface area contributed by atoms with Crippen LogP contribution in [0, 0.1) is 15.3 Å². The quantitative estimate of drug-likeness (QED) is 0.725. The Morgan fingerprint density at radius 1 is 1.42 bits per heavy atom. The largest absolute Gasteiger partial charge is 0.207 e. The predicted octanol–water partition coefficient (Wildman–Crippen LogP) is 3.63. The van der Waals surface area contributed by atoms with Crippen LogP contribution < -0.4 is 0 Å². The van der Waals surface area contributed by atoms with Crippen LogP contribution in [0.15, 0.2) is 18.2 Å². The van der Waals surface area contributed by atoms with Crippen LogP contribution in [-0.4, -0.2) is 0 Å². The molecule has 0 atom stereocenters. The topological polar surface area (TPSA) is 0 Å². The third-order valence-corrected chi connectivity index (χ3v) is 2.31. The van der Waals surface area contributed by atoms with Crippen LogP contribution in [-0.2, 0) is 6.42 Å². The van der Waals surface area contributed by atoms with Crippen molar-refractivity contribution >= 4 is 22.6 Å². The molecule has 1 aromatic carbocycles. The van der Waals surface area contributed by atoms with E-state index in [4.69, 9.17) is 0 Å². The molecule has 0 aliphatic carbocycles. The summed E-state index contributed by atoms with van der Waals surface area (Å²) in [6, 6.07) is 5.25. The van der Waals surface area contributed by atoms with E-state index in [1.54, 1.807) is 12.1 Å². The number of benzene rings is 1. The second-order valence-corrected chi connectivity index (χ2v) is 4.58. The molecule has 1 rings (SSSR count). The van der Waals surface area contributed by atoms with E-state index in [-0.39, 0.29) is 5.82 Å². The SMILES string of the molecule is CC(C)Cc1cc(I)ccc1F. The van der Waals surface area contributed by atoms with Crippen molar-refractivity contribution in [1.82, 2.24) is 0 Å². The van der Waals surface area contributed by atoms with Crippen LogP contribution in [0.1, 0.15) is 19.4 Å². The standard InChI is InChI=1S/C10H12FI/c1-7(2)5-8-6-9(12)3-4-10(8)11/h3-4,6-7H,5H2,1-2H3. The molecule has 0 radical (unpaired) electrons. The van der Waals surface area contributed by atoms with Gasteiger partial charge in [-0.1, -0.05) is 13.8 Å². The first-order valence-electron chi connectivity index (χ1n) is 4.03. The predicted molar refractivity (Wildman–Crippen MR) is 57.7 cm³/mol. The van der Waals surface area contributed by atoms with E-state index >= 15 is 0 Å². The van der Waals surface area contributed by atoms with Gasteiger partial charge in [0.1, 0.15) is 5.82 Å². The zero-order chi connectivity index (χ0) is 9.14. The van der Waals surface area contributed by atoms with E-state index in [2.05, 4.69) is 36.4 Å². The fraction of sp³-hybridized carbons (Fsp3) is 0.400. The summed E-state index contributed by atoms with van der Waals surface area (Å²) >= 11 is 2.20. The van der Waals surface area contributed by atoms with Crippen molar-refractivity contribution in [2.75, 3.05) is 0 Å². The molecule has 0 aromatic heterocycles. The zero-order valence-electron chi connectivity index (χ0n) is 7.27. The minimum absolute atomic E-state index is 0.0795. The summed E-state index contributed by atoms with van der Waals surface area (Å²) < 4.78 is 14.2. The van der Waals surface area contributed by atoms with Crippen molar-refractivity contribution < 1.29 is 4.39 Å². The van der Waals surface area contributed by atoms with Gasteiger partial charge in [0, 0.05) is 3.57 Å². The first-order valence-corrected chi connectivity index (χ1v) is 5.11. The second-order valence-electron chi connectivity index (χ2n) is 3.33. The molecule has 12 heavy (non-hydrogen) atoms. The number of hydrogen-bond donors (Lipinski definition) is 0. The third kappa shape index (κ3) is 2.73. The fourth-order valence-corrected chi connectivity index (χ4v) is 1.70. The van der Waals surface area contributed by atoms with Crippen molar-refractivity contribution in [2.45, 2.75) is 20.3 Å². The molecular formula is C10H12FI. The minimum atomic E-state index is -0.0795. The van der Waals surface area contributed by atoms with Gasteiger partial charge in [0.15, 0.2) is 0 Å². The first kappa shape index (κ1) is 9.96. The summed E-state index contributed by atoms with van der Waals surface area (Å²) in [5, 5.41) is 0. The average Bonchev–Trinajstić information content (AvgIpc) is 1.96. The molecule has 66 valence electrons. The molecule has 0 aliphatic heterocycles. The summed E-state index contributed by atoms with van der Waals surface area (Å²) in [6.45, 7) is 4.19. The Bertz CT molecular complexity index is 269. The smallest absolute Gasteiger partial charge is 0.126 e. The van der Waals surface area contributed by atoms with E-state index in [0.717, 1.165) is 15.6 Å². The van der Waals surface area contributed by atoms with Gasteiger partial charge in [-0.2, -0.15) is 0 Å². The zero-order valence-corrected chi connectivity index (χ0v) is 9.43. The van der Waals surface area contributed by atoms with Crippen LogP contribution in [0.25, 0.3) is 0 Å². The molecule has 0 saturated carbocycles. The van der Waals surface area contributed by atoms with Crippen molar-refractivity contribution in [3.05, 3.63) is 33.1 Å². The summed E-state index contributed by atoms with van der Waals surface area (Å²) in [4.78, 5) is 0. The van der Waals surface area contributed by atoms with Crippen LogP contribution >= 0.6 is 22.6 Å². The molecule has 0 N–H and O–H groups in total. The maximum atomic E-state index is 13.1. The maximum absolute atomic E-state index is 13.1. The van der Waals surface area contributed by atoms with Gasteiger partial charge in [-0.3, -0.25) is 0 Å². The molecule has 0 saturated heterocycles. The fourth-order valence-electron chi connectivity index (χ4n) is 1.14. The molecule has 2 heteroatoms. The molecule has 0 amide bonds. The number of rotatable bonds is 2. The highest BCUT2D eigenvalue weighted by molar-refractivity contribution is 14.1. The van der Waals surface area contributed by atoms with Crippen LogP contribution in [0.3, 0.4) is 0 Å². The molecule has 0 heterocycles. The lowest BCUT2D eigenvalue weighted by atomic mass is 10.0. The van der Waals surface area contributed by atoms with Crippen molar-refractivity contribution in [1.29, 1.82) is 0 Å². The molecule has 1 aromatic rings. The lowest BCUT2D eigenvalue weighted by Gasteiger charge is -2.06. The molecule has 0 nitrogen and oxygen atoms in total. The number of halogens is 2. The highest BCUT2D eigenvalue weighted by atomic mass is 127. The highest BCUT2D eigenvalue weighted by Gasteiger charge is 2.04. The summed E-state index contributed by atoms with van der Waals surface area (Å²) in [5.74, 6) is 0.432.